The number of hydrogen-bond acceptors (Lipinski definition) is 3. The van der Waals surface area contributed by atoms with E-state index >= 15 is 0 Å². The van der Waals surface area contributed by atoms with Crippen LogP contribution in [0.5, 0.6) is 0 Å². The summed E-state index contributed by atoms with van der Waals surface area (Å²) in [4.78, 5) is 20.9. The van der Waals surface area contributed by atoms with Gasteiger partial charge < -0.3 is 9.84 Å². The largest absolute Gasteiger partial charge is 0.478 e. The van der Waals surface area contributed by atoms with Gasteiger partial charge in [0, 0.05) is 12.2 Å². The van der Waals surface area contributed by atoms with Gasteiger partial charge in [0.1, 0.15) is 0 Å². The summed E-state index contributed by atoms with van der Waals surface area (Å²) in [6.07, 6.45) is 7.29. The van der Waals surface area contributed by atoms with Gasteiger partial charge in [-0.15, -0.1) is 6.58 Å². The number of carbonyl (C=O) groups is 2. The van der Waals surface area contributed by atoms with Gasteiger partial charge in [0.2, 0.25) is 0 Å². The van der Waals surface area contributed by atoms with Crippen molar-refractivity contribution in [2.45, 2.75) is 25.7 Å². The summed E-state index contributed by atoms with van der Waals surface area (Å²) in [5.74, 6) is -1.76. The summed E-state index contributed by atoms with van der Waals surface area (Å²) in [7, 11) is 0. The molecule has 0 aliphatic heterocycles. The normalized spacial score (nSPS) is 10.1. The first-order valence-corrected chi connectivity index (χ1v) is 4.85. The molecule has 0 rings (SSSR count). The van der Waals surface area contributed by atoms with Crippen LogP contribution in [-0.2, 0) is 14.3 Å². The molecule has 0 radical (unpaired) electrons. The quantitative estimate of drug-likeness (QED) is 0.289. The number of hydrogen-bond donors (Lipinski definition) is 1. The lowest BCUT2D eigenvalue weighted by molar-refractivity contribution is -0.138. The third kappa shape index (κ3) is 10.3. The Labute approximate surface area is 89.2 Å². The minimum absolute atomic E-state index is 0.333. The molecule has 4 heteroatoms. The van der Waals surface area contributed by atoms with Crippen molar-refractivity contribution in [3.63, 3.8) is 0 Å². The molecule has 0 aromatic carbocycles. The third-order valence-electron chi connectivity index (χ3n) is 1.66. The minimum atomic E-state index is -1.15. The Morgan fingerprint density at radius 2 is 1.93 bits per heavy atom. The Morgan fingerprint density at radius 1 is 1.20 bits per heavy atom. The highest BCUT2D eigenvalue weighted by Gasteiger charge is 1.97. The molecule has 0 saturated carbocycles. The number of rotatable bonds is 8. The number of unbranched alkanes of at least 4 members (excludes halogenated alkanes) is 3. The molecule has 0 fully saturated rings. The Bertz CT molecular complexity index is 243. The number of aliphatic carboxylic acids is 1. The van der Waals surface area contributed by atoms with Crippen molar-refractivity contribution in [3.8, 4) is 0 Å². The summed E-state index contributed by atoms with van der Waals surface area (Å²) < 4.78 is 4.76. The second kappa shape index (κ2) is 8.99. The van der Waals surface area contributed by atoms with Gasteiger partial charge in [0.15, 0.2) is 0 Å². The van der Waals surface area contributed by atoms with E-state index < -0.39 is 11.9 Å². The van der Waals surface area contributed by atoms with Crippen LogP contribution in [0.3, 0.4) is 0 Å². The average molecular weight is 212 g/mol. The highest BCUT2D eigenvalue weighted by atomic mass is 16.5. The smallest absolute Gasteiger partial charge is 0.331 e. The lowest BCUT2D eigenvalue weighted by Gasteiger charge is -2.00. The van der Waals surface area contributed by atoms with Gasteiger partial charge in [-0.05, 0) is 25.7 Å². The second-order valence-corrected chi connectivity index (χ2v) is 2.98. The molecule has 0 aromatic rings. The van der Waals surface area contributed by atoms with E-state index in [1.807, 2.05) is 6.08 Å². The maximum atomic E-state index is 10.8. The van der Waals surface area contributed by atoms with Crippen LogP contribution in [-0.4, -0.2) is 23.7 Å². The van der Waals surface area contributed by atoms with Crippen molar-refractivity contribution >= 4 is 11.9 Å². The SMILES string of the molecule is C=CCCCCCOC(=O)/C=C/C(=O)O. The van der Waals surface area contributed by atoms with E-state index in [9.17, 15) is 9.59 Å². The molecule has 15 heavy (non-hydrogen) atoms. The third-order valence-corrected chi connectivity index (χ3v) is 1.66. The Hall–Kier alpha value is -1.58. The fraction of sp³-hybridized carbons (Fsp3) is 0.455. The van der Waals surface area contributed by atoms with Crippen LogP contribution in [0, 0.1) is 0 Å². The minimum Gasteiger partial charge on any atom is -0.478 e. The van der Waals surface area contributed by atoms with E-state index in [4.69, 9.17) is 9.84 Å². The lowest BCUT2D eigenvalue weighted by Crippen LogP contribution is -2.03. The number of carboxylic acids is 1. The molecule has 0 spiro atoms. The summed E-state index contributed by atoms with van der Waals surface area (Å²) in [5, 5.41) is 8.23. The molecule has 0 aliphatic rings. The van der Waals surface area contributed by atoms with Gasteiger partial charge in [-0.2, -0.15) is 0 Å². The zero-order valence-corrected chi connectivity index (χ0v) is 8.65. The van der Waals surface area contributed by atoms with E-state index in [-0.39, 0.29) is 0 Å². The maximum Gasteiger partial charge on any atom is 0.331 e. The van der Waals surface area contributed by atoms with Gasteiger partial charge in [0.05, 0.1) is 6.61 Å². The summed E-state index contributed by atoms with van der Waals surface area (Å²) in [6.45, 7) is 3.93. The zero-order chi connectivity index (χ0) is 11.5. The zero-order valence-electron chi connectivity index (χ0n) is 8.65. The predicted octanol–water partition coefficient (Wildman–Crippen LogP) is 1.92. The summed E-state index contributed by atoms with van der Waals surface area (Å²) >= 11 is 0. The monoisotopic (exact) mass is 212 g/mol. The number of allylic oxidation sites excluding steroid dienone is 1. The van der Waals surface area contributed by atoms with Crippen molar-refractivity contribution in [3.05, 3.63) is 24.8 Å². The molecule has 0 amide bonds. The molecule has 0 aliphatic carbocycles. The fourth-order valence-corrected chi connectivity index (χ4v) is 0.928. The summed E-state index contributed by atoms with van der Waals surface area (Å²) in [5.41, 5.74) is 0. The van der Waals surface area contributed by atoms with Crippen LogP contribution in [0.1, 0.15) is 25.7 Å². The standard InChI is InChI=1S/C11H16O4/c1-2-3-4-5-6-9-15-11(14)8-7-10(12)13/h2,7-8H,1,3-6,9H2,(H,12,13)/b8-7+. The molecule has 4 nitrogen and oxygen atoms in total. The molecule has 84 valence electrons. The molecule has 0 aromatic heterocycles. The maximum absolute atomic E-state index is 10.8. The van der Waals surface area contributed by atoms with Crippen molar-refractivity contribution in [1.29, 1.82) is 0 Å². The molecule has 0 bridgehead atoms. The number of ether oxygens (including phenoxy) is 1. The van der Waals surface area contributed by atoms with Crippen LogP contribution in [0.15, 0.2) is 24.8 Å². The van der Waals surface area contributed by atoms with Gasteiger partial charge in [-0.3, -0.25) is 0 Å². The highest BCUT2D eigenvalue weighted by molar-refractivity contribution is 5.90. The highest BCUT2D eigenvalue weighted by Crippen LogP contribution is 2.00. The molecule has 0 heterocycles. The summed E-state index contributed by atoms with van der Waals surface area (Å²) in [6, 6.07) is 0. The Morgan fingerprint density at radius 3 is 2.53 bits per heavy atom. The Balaban J connectivity index is 3.39. The topological polar surface area (TPSA) is 63.6 Å². The fourth-order valence-electron chi connectivity index (χ4n) is 0.928. The van der Waals surface area contributed by atoms with Crippen LogP contribution < -0.4 is 0 Å². The molecule has 0 atom stereocenters. The van der Waals surface area contributed by atoms with Crippen molar-refractivity contribution in [2.75, 3.05) is 6.61 Å². The Kier molecular flexibility index (Phi) is 8.05. The molecule has 0 saturated heterocycles. The molecular weight excluding hydrogens is 196 g/mol. The van der Waals surface area contributed by atoms with E-state index in [1.165, 1.54) is 0 Å². The van der Waals surface area contributed by atoms with Crippen LogP contribution >= 0.6 is 0 Å². The first kappa shape index (κ1) is 13.4. The van der Waals surface area contributed by atoms with Crippen LogP contribution in [0.4, 0.5) is 0 Å². The molecule has 0 unspecified atom stereocenters. The van der Waals surface area contributed by atoms with Gasteiger partial charge in [-0.1, -0.05) is 6.08 Å². The van der Waals surface area contributed by atoms with E-state index in [0.29, 0.717) is 6.61 Å². The van der Waals surface area contributed by atoms with Gasteiger partial charge >= 0.3 is 11.9 Å². The van der Waals surface area contributed by atoms with Gasteiger partial charge in [0.25, 0.3) is 0 Å². The van der Waals surface area contributed by atoms with Crippen molar-refractivity contribution in [1.82, 2.24) is 0 Å². The predicted molar refractivity (Wildman–Crippen MR) is 56.4 cm³/mol. The van der Waals surface area contributed by atoms with E-state index in [0.717, 1.165) is 37.8 Å². The number of carboxylic acid groups (broad SMARTS) is 1. The number of esters is 1. The first-order valence-electron chi connectivity index (χ1n) is 4.85. The average Bonchev–Trinajstić information content (AvgIpc) is 2.20. The second-order valence-electron chi connectivity index (χ2n) is 2.98. The van der Waals surface area contributed by atoms with E-state index in [2.05, 4.69) is 6.58 Å². The first-order chi connectivity index (χ1) is 7.16. The van der Waals surface area contributed by atoms with E-state index in [1.54, 1.807) is 0 Å². The number of carbonyl (C=O) groups excluding carboxylic acids is 1. The van der Waals surface area contributed by atoms with Crippen LogP contribution in [0.25, 0.3) is 0 Å². The van der Waals surface area contributed by atoms with Crippen LogP contribution in [0.2, 0.25) is 0 Å². The molecular formula is C11H16O4. The van der Waals surface area contributed by atoms with Crippen molar-refractivity contribution in [2.24, 2.45) is 0 Å². The van der Waals surface area contributed by atoms with Gasteiger partial charge in [-0.25, -0.2) is 9.59 Å². The molecule has 1 N–H and O–H groups in total. The lowest BCUT2D eigenvalue weighted by atomic mass is 10.2. The van der Waals surface area contributed by atoms with Crippen molar-refractivity contribution < 1.29 is 19.4 Å².